The maximum atomic E-state index is 4.73. The normalized spacial score (nSPS) is 16.0. The van der Waals surface area contributed by atoms with Crippen molar-refractivity contribution >= 4 is 5.84 Å². The van der Waals surface area contributed by atoms with Gasteiger partial charge in [-0.2, -0.15) is 0 Å². The zero-order valence-electron chi connectivity index (χ0n) is 15.4. The number of aliphatic imine (C=N–C) groups is 1. The van der Waals surface area contributed by atoms with Crippen molar-refractivity contribution in [3.63, 3.8) is 0 Å². The van der Waals surface area contributed by atoms with Crippen LogP contribution in [0.15, 0.2) is 59.6 Å². The van der Waals surface area contributed by atoms with Crippen molar-refractivity contribution in [1.82, 2.24) is 5.32 Å². The van der Waals surface area contributed by atoms with E-state index >= 15 is 0 Å². The lowest BCUT2D eigenvalue weighted by Crippen LogP contribution is -2.29. The van der Waals surface area contributed by atoms with Gasteiger partial charge in [0.15, 0.2) is 0 Å². The van der Waals surface area contributed by atoms with Gasteiger partial charge < -0.3 is 5.32 Å². The summed E-state index contributed by atoms with van der Waals surface area (Å²) >= 11 is 0. The highest BCUT2D eigenvalue weighted by Crippen LogP contribution is 2.25. The van der Waals surface area contributed by atoms with Gasteiger partial charge in [0.2, 0.25) is 0 Å². The fourth-order valence-corrected chi connectivity index (χ4v) is 3.56. The van der Waals surface area contributed by atoms with Crippen LogP contribution in [0, 0.1) is 0 Å². The van der Waals surface area contributed by atoms with Crippen LogP contribution < -0.4 is 5.32 Å². The summed E-state index contributed by atoms with van der Waals surface area (Å²) < 4.78 is 0. The Bertz CT molecular complexity index is 658. The summed E-state index contributed by atoms with van der Waals surface area (Å²) in [5, 5.41) is 3.65. The van der Waals surface area contributed by atoms with Crippen molar-refractivity contribution in [2.24, 2.45) is 4.99 Å². The average molecular weight is 335 g/mol. The predicted octanol–water partition coefficient (Wildman–Crippen LogP) is 5.33. The predicted molar refractivity (Wildman–Crippen MR) is 107 cm³/mol. The molecule has 2 aromatic rings. The first kappa shape index (κ1) is 17.7. The minimum absolute atomic E-state index is 0.364. The fourth-order valence-electron chi connectivity index (χ4n) is 3.56. The monoisotopic (exact) mass is 334 g/mol. The second-order valence-electron chi connectivity index (χ2n) is 6.97. The highest BCUT2D eigenvalue weighted by atomic mass is 15.0. The van der Waals surface area contributed by atoms with Crippen molar-refractivity contribution in [2.75, 3.05) is 13.1 Å². The van der Waals surface area contributed by atoms with E-state index in [2.05, 4.69) is 66.8 Å². The van der Waals surface area contributed by atoms with Crippen molar-refractivity contribution in [3.05, 3.63) is 71.3 Å². The summed E-state index contributed by atoms with van der Waals surface area (Å²) in [4.78, 5) is 4.73. The maximum absolute atomic E-state index is 4.73. The molecule has 0 aromatic heterocycles. The van der Waals surface area contributed by atoms with Gasteiger partial charge in [0.25, 0.3) is 0 Å². The van der Waals surface area contributed by atoms with Crippen LogP contribution in [0.3, 0.4) is 0 Å². The molecule has 2 aromatic carbocycles. The molecule has 2 nitrogen and oxygen atoms in total. The molecule has 0 saturated carbocycles. The number of benzene rings is 2. The third-order valence-corrected chi connectivity index (χ3v) is 5.01. The SMILES string of the molecule is CCCc1ccc(C(CNC2=NCCCCC2)c2ccccc2)cc1. The lowest BCUT2D eigenvalue weighted by Gasteiger charge is -2.20. The fraction of sp³-hybridized carbons (Fsp3) is 0.435. The Kier molecular flexibility index (Phi) is 6.67. The van der Waals surface area contributed by atoms with Crippen LogP contribution in [0.25, 0.3) is 0 Å². The number of hydrogen-bond donors (Lipinski definition) is 1. The maximum Gasteiger partial charge on any atom is 0.0963 e. The number of nitrogens with zero attached hydrogens (tertiary/aromatic N) is 1. The lowest BCUT2D eigenvalue weighted by molar-refractivity contribution is 0.720. The van der Waals surface area contributed by atoms with E-state index < -0.39 is 0 Å². The van der Waals surface area contributed by atoms with E-state index in [-0.39, 0.29) is 0 Å². The summed E-state index contributed by atoms with van der Waals surface area (Å²) in [5.74, 6) is 1.56. The van der Waals surface area contributed by atoms with Crippen molar-refractivity contribution in [1.29, 1.82) is 0 Å². The summed E-state index contributed by atoms with van der Waals surface area (Å²) in [6.07, 6.45) is 7.24. The Morgan fingerprint density at radius 2 is 1.68 bits per heavy atom. The Labute approximate surface area is 152 Å². The van der Waals surface area contributed by atoms with E-state index in [9.17, 15) is 0 Å². The standard InChI is InChI=1S/C23H30N2/c1-2-9-19-13-15-21(16-14-19)22(20-10-5-3-6-11-20)18-25-23-12-7-4-8-17-24-23/h3,5-6,10-11,13-16,22H,2,4,7-9,12,17-18H2,1H3,(H,24,25). The Balaban J connectivity index is 1.76. The van der Waals surface area contributed by atoms with Crippen LogP contribution in [-0.2, 0) is 6.42 Å². The molecule has 1 unspecified atom stereocenters. The molecule has 25 heavy (non-hydrogen) atoms. The first-order valence-electron chi connectivity index (χ1n) is 9.78. The topological polar surface area (TPSA) is 24.4 Å². The van der Waals surface area contributed by atoms with E-state index in [1.165, 1.54) is 48.2 Å². The first-order valence-corrected chi connectivity index (χ1v) is 9.78. The Morgan fingerprint density at radius 1 is 0.920 bits per heavy atom. The van der Waals surface area contributed by atoms with Crippen molar-refractivity contribution < 1.29 is 0 Å². The highest BCUT2D eigenvalue weighted by molar-refractivity contribution is 5.82. The van der Waals surface area contributed by atoms with Crippen LogP contribution in [0.1, 0.15) is 61.6 Å². The average Bonchev–Trinajstić information content (AvgIpc) is 2.93. The molecular formula is C23H30N2. The highest BCUT2D eigenvalue weighted by Gasteiger charge is 2.15. The molecule has 132 valence electrons. The zero-order chi connectivity index (χ0) is 17.3. The number of rotatable bonds is 6. The molecule has 0 spiro atoms. The smallest absolute Gasteiger partial charge is 0.0963 e. The molecule has 1 aliphatic heterocycles. The van der Waals surface area contributed by atoms with Gasteiger partial charge in [-0.15, -0.1) is 0 Å². The number of amidine groups is 1. The van der Waals surface area contributed by atoms with Crippen LogP contribution in [0.2, 0.25) is 0 Å². The minimum Gasteiger partial charge on any atom is -0.373 e. The number of hydrogen-bond acceptors (Lipinski definition) is 2. The molecule has 0 radical (unpaired) electrons. The van der Waals surface area contributed by atoms with Gasteiger partial charge in [0.05, 0.1) is 5.84 Å². The molecule has 0 aliphatic carbocycles. The molecule has 1 aliphatic rings. The summed E-state index contributed by atoms with van der Waals surface area (Å²) in [5.41, 5.74) is 4.18. The van der Waals surface area contributed by atoms with E-state index in [0.717, 1.165) is 25.9 Å². The van der Waals surface area contributed by atoms with Gasteiger partial charge in [0, 0.05) is 25.4 Å². The van der Waals surface area contributed by atoms with Gasteiger partial charge in [-0.25, -0.2) is 0 Å². The lowest BCUT2D eigenvalue weighted by atomic mass is 9.90. The first-order chi connectivity index (χ1) is 12.4. The van der Waals surface area contributed by atoms with E-state index in [0.29, 0.717) is 5.92 Å². The van der Waals surface area contributed by atoms with Crippen molar-refractivity contribution in [2.45, 2.75) is 51.4 Å². The quantitative estimate of drug-likeness (QED) is 0.758. The Hall–Kier alpha value is -2.09. The summed E-state index contributed by atoms with van der Waals surface area (Å²) in [7, 11) is 0. The number of nitrogens with one attached hydrogen (secondary N) is 1. The minimum atomic E-state index is 0.364. The van der Waals surface area contributed by atoms with Crippen LogP contribution >= 0.6 is 0 Å². The van der Waals surface area contributed by atoms with Crippen LogP contribution in [-0.4, -0.2) is 18.9 Å². The molecule has 0 saturated heterocycles. The molecular weight excluding hydrogens is 304 g/mol. The molecule has 2 heteroatoms. The third-order valence-electron chi connectivity index (χ3n) is 5.01. The number of aryl methyl sites for hydroxylation is 1. The molecule has 0 amide bonds. The van der Waals surface area contributed by atoms with E-state index in [1.54, 1.807) is 0 Å². The van der Waals surface area contributed by atoms with Crippen LogP contribution in [0.4, 0.5) is 0 Å². The van der Waals surface area contributed by atoms with Gasteiger partial charge in [0.1, 0.15) is 0 Å². The van der Waals surface area contributed by atoms with E-state index in [1.807, 2.05) is 0 Å². The molecule has 1 N–H and O–H groups in total. The molecule has 3 rings (SSSR count). The molecule has 1 atom stereocenters. The second kappa shape index (κ2) is 9.41. The molecule has 0 bridgehead atoms. The second-order valence-corrected chi connectivity index (χ2v) is 6.97. The van der Waals surface area contributed by atoms with Crippen LogP contribution in [0.5, 0.6) is 0 Å². The summed E-state index contributed by atoms with van der Waals surface area (Å²) in [6, 6.07) is 20.0. The van der Waals surface area contributed by atoms with Gasteiger partial charge in [-0.1, -0.05) is 74.4 Å². The van der Waals surface area contributed by atoms with Crippen molar-refractivity contribution in [3.8, 4) is 0 Å². The zero-order valence-corrected chi connectivity index (χ0v) is 15.4. The van der Waals surface area contributed by atoms with Gasteiger partial charge in [-0.3, -0.25) is 4.99 Å². The third kappa shape index (κ3) is 5.19. The molecule has 1 heterocycles. The molecule has 0 fully saturated rings. The Morgan fingerprint density at radius 3 is 2.44 bits per heavy atom. The van der Waals surface area contributed by atoms with Gasteiger partial charge >= 0.3 is 0 Å². The summed E-state index contributed by atoms with van der Waals surface area (Å²) in [6.45, 7) is 4.12. The largest absolute Gasteiger partial charge is 0.373 e. The van der Waals surface area contributed by atoms with E-state index in [4.69, 9.17) is 4.99 Å². The van der Waals surface area contributed by atoms with Gasteiger partial charge in [-0.05, 0) is 36.0 Å².